The molecule has 0 saturated heterocycles. The van der Waals surface area contributed by atoms with Crippen LogP contribution in [0.1, 0.15) is 62.1 Å². The molecule has 1 aromatic rings. The van der Waals surface area contributed by atoms with E-state index in [-0.39, 0.29) is 17.6 Å². The van der Waals surface area contributed by atoms with Crippen LogP contribution < -0.4 is 5.73 Å². The average molecular weight is 287 g/mol. The summed E-state index contributed by atoms with van der Waals surface area (Å²) in [4.78, 5) is 0. The maximum absolute atomic E-state index is 10.4. The van der Waals surface area contributed by atoms with E-state index < -0.39 is 0 Å². The molecule has 0 amide bonds. The molecule has 0 radical (unpaired) electrons. The Hall–Kier alpha value is -1.06. The third kappa shape index (κ3) is 1.80. The largest absolute Gasteiger partial charge is 0.508 e. The molecule has 21 heavy (non-hydrogen) atoms. The summed E-state index contributed by atoms with van der Waals surface area (Å²) in [6.45, 7) is 2.28. The van der Waals surface area contributed by atoms with Gasteiger partial charge in [-0.15, -0.1) is 0 Å². The number of nitrogens with two attached hydrogens (primary N) is 1. The van der Waals surface area contributed by atoms with Crippen molar-refractivity contribution in [1.29, 1.82) is 0 Å². The first kappa shape index (κ1) is 13.6. The minimum atomic E-state index is -0.138. The van der Waals surface area contributed by atoms with Crippen molar-refractivity contribution in [2.75, 3.05) is 0 Å². The van der Waals surface area contributed by atoms with Crippen LogP contribution in [0.2, 0.25) is 0 Å². The topological polar surface area (TPSA) is 66.5 Å². The van der Waals surface area contributed by atoms with E-state index >= 15 is 0 Å². The van der Waals surface area contributed by atoms with Gasteiger partial charge in [0.2, 0.25) is 0 Å². The molecule has 3 aliphatic carbocycles. The predicted molar refractivity (Wildman–Crippen MR) is 82.0 cm³/mol. The van der Waals surface area contributed by atoms with Crippen molar-refractivity contribution < 1.29 is 10.2 Å². The molecule has 0 aliphatic heterocycles. The van der Waals surface area contributed by atoms with Crippen LogP contribution in [0.15, 0.2) is 18.2 Å². The van der Waals surface area contributed by atoms with E-state index in [0.29, 0.717) is 23.5 Å². The standard InChI is InChI=1S/C18H25NO2/c1-18-7-6-12-11-3-2-10(20)8-14(11)16(19)9-13(12)15(18)4-5-17(18)21/h2-3,8,12-13,15-17,20-21H,4-7,9,19H2,1H3/t12?,13?,15?,16-,17+,18+/m1/s1. The molecule has 2 fully saturated rings. The summed E-state index contributed by atoms with van der Waals surface area (Å²) in [6, 6.07) is 5.75. The molecule has 0 bridgehead atoms. The van der Waals surface area contributed by atoms with Crippen molar-refractivity contribution in [2.45, 2.75) is 57.1 Å². The lowest BCUT2D eigenvalue weighted by molar-refractivity contribution is -0.0248. The molecule has 0 spiro atoms. The zero-order chi connectivity index (χ0) is 14.8. The molecule has 114 valence electrons. The number of fused-ring (bicyclic) bond motifs is 5. The minimum Gasteiger partial charge on any atom is -0.508 e. The number of hydrogen-bond donors (Lipinski definition) is 3. The smallest absolute Gasteiger partial charge is 0.115 e. The Bertz CT molecular complexity index is 572. The van der Waals surface area contributed by atoms with Gasteiger partial charge in [0, 0.05) is 6.04 Å². The molecule has 4 rings (SSSR count). The van der Waals surface area contributed by atoms with E-state index in [0.717, 1.165) is 37.7 Å². The summed E-state index contributed by atoms with van der Waals surface area (Å²) < 4.78 is 0. The number of rotatable bonds is 0. The molecule has 0 aromatic heterocycles. The molecular formula is C18H25NO2. The summed E-state index contributed by atoms with van der Waals surface area (Å²) in [5.74, 6) is 2.07. The fraction of sp³-hybridized carbons (Fsp3) is 0.667. The molecule has 4 N–H and O–H groups in total. The van der Waals surface area contributed by atoms with Gasteiger partial charge in [-0.1, -0.05) is 13.0 Å². The van der Waals surface area contributed by atoms with Crippen molar-refractivity contribution in [2.24, 2.45) is 23.0 Å². The summed E-state index contributed by atoms with van der Waals surface area (Å²) in [5, 5.41) is 20.1. The third-order valence-electron chi connectivity index (χ3n) is 6.78. The van der Waals surface area contributed by atoms with Crippen LogP contribution >= 0.6 is 0 Å². The van der Waals surface area contributed by atoms with Gasteiger partial charge in [-0.2, -0.15) is 0 Å². The van der Waals surface area contributed by atoms with Crippen LogP contribution in [0.3, 0.4) is 0 Å². The Kier molecular flexibility index (Phi) is 2.89. The van der Waals surface area contributed by atoms with Gasteiger partial charge >= 0.3 is 0 Å². The molecule has 3 aliphatic rings. The van der Waals surface area contributed by atoms with Crippen LogP contribution in [-0.2, 0) is 0 Å². The monoisotopic (exact) mass is 287 g/mol. The molecule has 3 unspecified atom stereocenters. The highest BCUT2D eigenvalue weighted by molar-refractivity contribution is 5.42. The van der Waals surface area contributed by atoms with Crippen LogP contribution in [0.25, 0.3) is 0 Å². The number of aliphatic hydroxyl groups is 1. The second kappa shape index (κ2) is 4.47. The third-order valence-corrected chi connectivity index (χ3v) is 6.78. The number of aliphatic hydroxyl groups excluding tert-OH is 1. The minimum absolute atomic E-state index is 0.0217. The van der Waals surface area contributed by atoms with E-state index in [4.69, 9.17) is 5.73 Å². The van der Waals surface area contributed by atoms with Crippen molar-refractivity contribution >= 4 is 0 Å². The zero-order valence-electron chi connectivity index (χ0n) is 12.6. The number of hydrogen-bond acceptors (Lipinski definition) is 3. The van der Waals surface area contributed by atoms with Gasteiger partial charge in [-0.25, -0.2) is 0 Å². The van der Waals surface area contributed by atoms with Gasteiger partial charge in [-0.05, 0) is 78.5 Å². The highest BCUT2D eigenvalue weighted by Gasteiger charge is 2.55. The zero-order valence-corrected chi connectivity index (χ0v) is 12.6. The Labute approximate surface area is 126 Å². The van der Waals surface area contributed by atoms with Crippen LogP contribution in [-0.4, -0.2) is 16.3 Å². The Morgan fingerprint density at radius 2 is 2.00 bits per heavy atom. The van der Waals surface area contributed by atoms with E-state index in [2.05, 4.69) is 13.0 Å². The van der Waals surface area contributed by atoms with E-state index in [1.807, 2.05) is 6.07 Å². The van der Waals surface area contributed by atoms with Gasteiger partial charge in [0.15, 0.2) is 0 Å². The van der Waals surface area contributed by atoms with E-state index in [1.165, 1.54) is 5.56 Å². The van der Waals surface area contributed by atoms with Gasteiger partial charge in [0.25, 0.3) is 0 Å². The van der Waals surface area contributed by atoms with Crippen molar-refractivity contribution in [3.63, 3.8) is 0 Å². The normalized spacial score (nSPS) is 44.8. The fourth-order valence-electron chi connectivity index (χ4n) is 5.62. The second-order valence-corrected chi connectivity index (χ2v) is 7.67. The van der Waals surface area contributed by atoms with Crippen molar-refractivity contribution in [3.05, 3.63) is 29.3 Å². The van der Waals surface area contributed by atoms with Gasteiger partial charge < -0.3 is 15.9 Å². The number of phenols is 1. The highest BCUT2D eigenvalue weighted by Crippen LogP contribution is 2.61. The highest BCUT2D eigenvalue weighted by atomic mass is 16.3. The SMILES string of the molecule is C[C@]12CCC3c4ccc(O)cc4[C@H](N)CC3C1CC[C@@H]2O. The fourth-order valence-corrected chi connectivity index (χ4v) is 5.62. The molecular weight excluding hydrogens is 262 g/mol. The first-order valence-electron chi connectivity index (χ1n) is 8.27. The molecule has 2 saturated carbocycles. The number of benzene rings is 1. The molecule has 1 aromatic carbocycles. The van der Waals surface area contributed by atoms with E-state index in [1.54, 1.807) is 6.07 Å². The quantitative estimate of drug-likeness (QED) is 0.687. The number of aromatic hydroxyl groups is 1. The molecule has 3 nitrogen and oxygen atoms in total. The summed E-state index contributed by atoms with van der Waals surface area (Å²) >= 11 is 0. The predicted octanol–water partition coefficient (Wildman–Crippen LogP) is 3.07. The lowest BCUT2D eigenvalue weighted by atomic mass is 9.55. The van der Waals surface area contributed by atoms with Crippen LogP contribution in [0.5, 0.6) is 5.75 Å². The first-order chi connectivity index (χ1) is 10.0. The van der Waals surface area contributed by atoms with Crippen LogP contribution in [0, 0.1) is 17.3 Å². The summed E-state index contributed by atoms with van der Waals surface area (Å²) in [7, 11) is 0. The maximum Gasteiger partial charge on any atom is 0.115 e. The lowest BCUT2D eigenvalue weighted by Crippen LogP contribution is -2.45. The maximum atomic E-state index is 10.4. The summed E-state index contributed by atoms with van der Waals surface area (Å²) in [5.41, 5.74) is 8.99. The van der Waals surface area contributed by atoms with E-state index in [9.17, 15) is 10.2 Å². The first-order valence-corrected chi connectivity index (χ1v) is 8.27. The molecule has 0 heterocycles. The van der Waals surface area contributed by atoms with Crippen LogP contribution in [0.4, 0.5) is 0 Å². The number of phenolic OH excluding ortho intramolecular Hbond substituents is 1. The second-order valence-electron chi connectivity index (χ2n) is 7.67. The Balaban J connectivity index is 1.75. The van der Waals surface area contributed by atoms with Crippen molar-refractivity contribution in [1.82, 2.24) is 0 Å². The van der Waals surface area contributed by atoms with Gasteiger partial charge in [0.1, 0.15) is 5.75 Å². The lowest BCUT2D eigenvalue weighted by Gasteiger charge is -2.51. The van der Waals surface area contributed by atoms with Gasteiger partial charge in [-0.3, -0.25) is 0 Å². The molecule has 3 heteroatoms. The Morgan fingerprint density at radius 1 is 1.19 bits per heavy atom. The average Bonchev–Trinajstić information content (AvgIpc) is 2.76. The summed E-state index contributed by atoms with van der Waals surface area (Å²) in [6.07, 6.45) is 5.19. The molecule has 6 atom stereocenters. The van der Waals surface area contributed by atoms with Crippen molar-refractivity contribution in [3.8, 4) is 5.75 Å². The Morgan fingerprint density at radius 3 is 2.81 bits per heavy atom. The van der Waals surface area contributed by atoms with Gasteiger partial charge in [0.05, 0.1) is 6.10 Å².